The second-order valence-electron chi connectivity index (χ2n) is 6.39. The van der Waals surface area contributed by atoms with Crippen LogP contribution in [0.4, 0.5) is 0 Å². The van der Waals surface area contributed by atoms with E-state index in [1.54, 1.807) is 14.0 Å². The van der Waals surface area contributed by atoms with E-state index >= 15 is 0 Å². The number of methoxy groups -OCH3 is 1. The molecule has 2 aromatic rings. The van der Waals surface area contributed by atoms with Crippen molar-refractivity contribution in [2.75, 3.05) is 7.11 Å². The van der Waals surface area contributed by atoms with Crippen LogP contribution >= 0.6 is 8.58 Å². The van der Waals surface area contributed by atoms with Gasteiger partial charge in [-0.2, -0.15) is 0 Å². The van der Waals surface area contributed by atoms with Crippen molar-refractivity contribution >= 4 is 38.2 Å². The van der Waals surface area contributed by atoms with Crippen molar-refractivity contribution in [1.82, 2.24) is 0 Å². The lowest BCUT2D eigenvalue weighted by Gasteiger charge is -2.19. The zero-order valence-corrected chi connectivity index (χ0v) is 15.9. The molecule has 0 aliphatic carbocycles. The van der Waals surface area contributed by atoms with E-state index in [0.29, 0.717) is 8.58 Å². The molecule has 0 heterocycles. The molecule has 0 spiro atoms. The van der Waals surface area contributed by atoms with Crippen molar-refractivity contribution in [1.29, 1.82) is 0 Å². The van der Waals surface area contributed by atoms with Gasteiger partial charge in [0.05, 0.1) is 15.2 Å². The minimum absolute atomic E-state index is 0.114. The highest BCUT2D eigenvalue weighted by Gasteiger charge is 2.19. The number of hydrogen-bond donors (Lipinski definition) is 0. The van der Waals surface area contributed by atoms with Crippen molar-refractivity contribution < 1.29 is 9.53 Å². The largest absolute Gasteiger partial charge is 0.496 e. The minimum atomic E-state index is -1.37. The maximum Gasteiger partial charge on any atom is 0.160 e. The second-order valence-corrected chi connectivity index (χ2v) is 12.8. The summed E-state index contributed by atoms with van der Waals surface area (Å²) in [4.78, 5) is 11.8. The van der Waals surface area contributed by atoms with Crippen LogP contribution in [0.15, 0.2) is 42.5 Å². The quantitative estimate of drug-likeness (QED) is 0.478. The molecule has 1 unspecified atom stereocenters. The first-order valence-corrected chi connectivity index (χ1v) is 11.9. The maximum atomic E-state index is 11.8. The topological polar surface area (TPSA) is 26.3 Å². The molecule has 0 N–H and O–H groups in total. The van der Waals surface area contributed by atoms with Gasteiger partial charge in [-0.3, -0.25) is 4.79 Å². The average molecular weight is 330 g/mol. The molecule has 0 aliphatic heterocycles. The molecule has 0 aromatic heterocycles. The number of carbonyl (C=O) groups excluding carboxylic acids is 1. The Morgan fingerprint density at radius 3 is 2.32 bits per heavy atom. The molecule has 116 valence electrons. The van der Waals surface area contributed by atoms with Crippen molar-refractivity contribution in [3.63, 3.8) is 0 Å². The normalized spacial score (nSPS) is 11.9. The molecular weight excluding hydrogens is 307 g/mol. The molecule has 2 aromatic carbocycles. The zero-order chi connectivity index (χ0) is 16.3. The third-order valence-corrected chi connectivity index (χ3v) is 7.05. The number of rotatable bonds is 5. The van der Waals surface area contributed by atoms with Gasteiger partial charge in [-0.05, 0) is 18.3 Å². The number of Topliss-reactive ketones (excluding diaryl/α,β-unsaturated/α-hetero) is 1. The Hall–Kier alpha value is -1.44. The summed E-state index contributed by atoms with van der Waals surface area (Å²) < 4.78 is 5.52. The molecular formula is C18H23O2PSi. The lowest BCUT2D eigenvalue weighted by atomic mass is 10.1. The molecule has 0 aliphatic rings. The van der Waals surface area contributed by atoms with Crippen LogP contribution in [0.5, 0.6) is 5.75 Å². The predicted octanol–water partition coefficient (Wildman–Crippen LogP) is 3.07. The van der Waals surface area contributed by atoms with Crippen LogP contribution in [0.1, 0.15) is 17.3 Å². The molecule has 0 amide bonds. The highest BCUT2D eigenvalue weighted by atomic mass is 31.1. The van der Waals surface area contributed by atoms with Gasteiger partial charge in [-0.1, -0.05) is 69.8 Å². The molecule has 0 saturated heterocycles. The molecule has 1 atom stereocenters. The Labute approximate surface area is 135 Å². The highest BCUT2D eigenvalue weighted by Crippen LogP contribution is 2.21. The fraction of sp³-hybridized carbons (Fsp3) is 0.278. The monoisotopic (exact) mass is 330 g/mol. The van der Waals surface area contributed by atoms with Gasteiger partial charge >= 0.3 is 0 Å². The SMILES string of the molecule is COc1ccc([Si](C)(C)C)cc1Pc1ccccc1C(C)=O. The molecule has 2 nitrogen and oxygen atoms in total. The van der Waals surface area contributed by atoms with E-state index in [1.807, 2.05) is 24.3 Å². The van der Waals surface area contributed by atoms with Crippen molar-refractivity contribution in [2.45, 2.75) is 26.6 Å². The van der Waals surface area contributed by atoms with E-state index < -0.39 is 8.07 Å². The maximum absolute atomic E-state index is 11.8. The van der Waals surface area contributed by atoms with Crippen molar-refractivity contribution in [2.24, 2.45) is 0 Å². The molecule has 0 saturated carbocycles. The van der Waals surface area contributed by atoms with Crippen LogP contribution in [0.3, 0.4) is 0 Å². The lowest BCUT2D eigenvalue weighted by molar-refractivity contribution is 0.101. The van der Waals surface area contributed by atoms with E-state index in [-0.39, 0.29) is 5.78 Å². The standard InChI is InChI=1S/C18H23O2PSi/c1-13(19)15-8-6-7-9-17(15)21-18-12-14(22(3,4)5)10-11-16(18)20-2/h6-12,21H,1-5H3. The predicted molar refractivity (Wildman–Crippen MR) is 100 cm³/mol. The summed E-state index contributed by atoms with van der Waals surface area (Å²) in [6.45, 7) is 8.64. The van der Waals surface area contributed by atoms with Crippen LogP contribution < -0.4 is 20.5 Å². The van der Waals surface area contributed by atoms with E-state index in [2.05, 4.69) is 37.8 Å². The molecule has 22 heavy (non-hydrogen) atoms. The number of benzene rings is 2. The summed E-state index contributed by atoms with van der Waals surface area (Å²) in [5.74, 6) is 1.02. The smallest absolute Gasteiger partial charge is 0.160 e. The Kier molecular flexibility index (Phi) is 5.20. The molecule has 0 bridgehead atoms. The van der Waals surface area contributed by atoms with Gasteiger partial charge in [0.1, 0.15) is 5.75 Å². The van der Waals surface area contributed by atoms with Crippen LogP contribution in [0.25, 0.3) is 0 Å². The summed E-state index contributed by atoms with van der Waals surface area (Å²) in [6.07, 6.45) is 0. The van der Waals surface area contributed by atoms with Crippen LogP contribution in [0, 0.1) is 0 Å². The first-order valence-electron chi connectivity index (χ1n) is 7.38. The van der Waals surface area contributed by atoms with Crippen molar-refractivity contribution in [3.8, 4) is 5.75 Å². The Morgan fingerprint density at radius 1 is 1.05 bits per heavy atom. The summed E-state index contributed by atoms with van der Waals surface area (Å²) in [5, 5.41) is 3.67. The molecule has 2 rings (SSSR count). The third kappa shape index (κ3) is 3.85. The zero-order valence-electron chi connectivity index (χ0n) is 13.9. The fourth-order valence-corrected chi connectivity index (χ4v) is 5.02. The van der Waals surface area contributed by atoms with Gasteiger partial charge in [0.25, 0.3) is 0 Å². The number of ketones is 1. The minimum Gasteiger partial charge on any atom is -0.496 e. The van der Waals surface area contributed by atoms with Crippen LogP contribution in [0.2, 0.25) is 19.6 Å². The van der Waals surface area contributed by atoms with Gasteiger partial charge in [0.15, 0.2) is 5.78 Å². The Morgan fingerprint density at radius 2 is 1.73 bits per heavy atom. The first kappa shape index (κ1) is 16.9. The van der Waals surface area contributed by atoms with Gasteiger partial charge in [0.2, 0.25) is 0 Å². The highest BCUT2D eigenvalue weighted by molar-refractivity contribution is 7.56. The van der Waals surface area contributed by atoms with Gasteiger partial charge in [0, 0.05) is 10.9 Å². The Bertz CT molecular complexity index is 690. The fourth-order valence-electron chi connectivity index (χ4n) is 2.32. The molecule has 0 radical (unpaired) electrons. The molecule has 0 fully saturated rings. The summed E-state index contributed by atoms with van der Waals surface area (Å²) in [6, 6.07) is 14.3. The van der Waals surface area contributed by atoms with E-state index in [0.717, 1.165) is 16.6 Å². The van der Waals surface area contributed by atoms with Crippen molar-refractivity contribution in [3.05, 3.63) is 48.0 Å². The number of ether oxygens (including phenoxy) is 1. The lowest BCUT2D eigenvalue weighted by Crippen LogP contribution is -2.39. The second kappa shape index (κ2) is 6.76. The van der Waals surface area contributed by atoms with Gasteiger partial charge in [-0.25, -0.2) is 0 Å². The first-order chi connectivity index (χ1) is 10.3. The van der Waals surface area contributed by atoms with E-state index in [9.17, 15) is 4.79 Å². The number of hydrogen-bond acceptors (Lipinski definition) is 2. The average Bonchev–Trinajstić information content (AvgIpc) is 2.46. The van der Waals surface area contributed by atoms with E-state index in [4.69, 9.17) is 4.74 Å². The van der Waals surface area contributed by atoms with Crippen LogP contribution in [-0.2, 0) is 0 Å². The van der Waals surface area contributed by atoms with Crippen LogP contribution in [-0.4, -0.2) is 21.0 Å². The number of carbonyl (C=O) groups is 1. The van der Waals surface area contributed by atoms with E-state index in [1.165, 1.54) is 10.5 Å². The van der Waals surface area contributed by atoms with Gasteiger partial charge < -0.3 is 4.74 Å². The summed E-state index contributed by atoms with van der Waals surface area (Å²) >= 11 is 0. The Balaban J connectivity index is 2.47. The summed E-state index contributed by atoms with van der Waals surface area (Å²) in [5.41, 5.74) is 0.807. The molecule has 4 heteroatoms. The third-order valence-electron chi connectivity index (χ3n) is 3.64. The van der Waals surface area contributed by atoms with Gasteiger partial charge in [-0.15, -0.1) is 0 Å². The summed E-state index contributed by atoms with van der Waals surface area (Å²) in [7, 11) is 0.758.